The molecule has 0 aliphatic carbocycles. The minimum Gasteiger partial charge on any atom is -0.384 e. The smallest absolute Gasteiger partial charge is 0.256 e. The third-order valence-corrected chi connectivity index (χ3v) is 5.21. The molecule has 21 heavy (non-hydrogen) atoms. The summed E-state index contributed by atoms with van der Waals surface area (Å²) < 4.78 is 22.9. The van der Waals surface area contributed by atoms with Gasteiger partial charge in [0.1, 0.15) is 0 Å². The lowest BCUT2D eigenvalue weighted by atomic mass is 10.1. The zero-order valence-electron chi connectivity index (χ0n) is 12.6. The molecule has 1 N–H and O–H groups in total. The maximum absolute atomic E-state index is 12.6. The summed E-state index contributed by atoms with van der Waals surface area (Å²) in [7, 11) is -2.97. The predicted octanol–water partition coefficient (Wildman–Crippen LogP) is 1.69. The Balaban J connectivity index is 2.19. The molecule has 6 heteroatoms. The van der Waals surface area contributed by atoms with Gasteiger partial charge in [0.2, 0.25) is 0 Å². The van der Waals surface area contributed by atoms with Crippen molar-refractivity contribution in [2.75, 3.05) is 36.5 Å². The van der Waals surface area contributed by atoms with E-state index in [4.69, 9.17) is 0 Å². The molecule has 0 bridgehead atoms. The Morgan fingerprint density at radius 2 is 1.95 bits per heavy atom. The van der Waals surface area contributed by atoms with E-state index in [1.165, 1.54) is 0 Å². The molecule has 1 fully saturated rings. The van der Waals surface area contributed by atoms with Crippen molar-refractivity contribution in [3.8, 4) is 0 Å². The van der Waals surface area contributed by atoms with E-state index < -0.39 is 9.84 Å². The Labute approximate surface area is 126 Å². The molecule has 1 aromatic carbocycles. The molecule has 1 amide bonds. The molecule has 5 nitrogen and oxygen atoms in total. The molecule has 0 spiro atoms. The molecule has 2 rings (SSSR count). The van der Waals surface area contributed by atoms with Crippen LogP contribution in [-0.2, 0) is 9.84 Å². The normalized spacial score (nSPS) is 17.5. The van der Waals surface area contributed by atoms with Crippen LogP contribution in [0.4, 0.5) is 5.69 Å². The topological polar surface area (TPSA) is 66.5 Å². The first-order chi connectivity index (χ1) is 9.93. The molecule has 0 atom stereocenters. The summed E-state index contributed by atoms with van der Waals surface area (Å²) in [6, 6.07) is 5.69. The molecule has 1 aromatic rings. The van der Waals surface area contributed by atoms with Gasteiger partial charge in [-0.15, -0.1) is 0 Å². The van der Waals surface area contributed by atoms with Crippen LogP contribution in [0.25, 0.3) is 0 Å². The molecule has 1 aliphatic heterocycles. The second-order valence-electron chi connectivity index (χ2n) is 5.42. The van der Waals surface area contributed by atoms with Crippen LogP contribution in [0.1, 0.15) is 29.3 Å². The van der Waals surface area contributed by atoms with E-state index in [1.807, 2.05) is 25.1 Å². The van der Waals surface area contributed by atoms with E-state index in [-0.39, 0.29) is 30.5 Å². The minimum atomic E-state index is -2.97. The highest BCUT2D eigenvalue weighted by Crippen LogP contribution is 2.20. The van der Waals surface area contributed by atoms with Gasteiger partial charge < -0.3 is 10.2 Å². The third-order valence-electron chi connectivity index (χ3n) is 3.60. The van der Waals surface area contributed by atoms with Crippen LogP contribution in [0.3, 0.4) is 0 Å². The number of rotatable bonds is 4. The first kappa shape index (κ1) is 15.8. The number of carbonyl (C=O) groups is 1. The lowest BCUT2D eigenvalue weighted by Gasteiger charge is -2.27. The maximum Gasteiger partial charge on any atom is 0.256 e. The van der Waals surface area contributed by atoms with Gasteiger partial charge in [-0.05, 0) is 31.0 Å². The lowest BCUT2D eigenvalue weighted by molar-refractivity contribution is 0.0771. The Morgan fingerprint density at radius 3 is 2.57 bits per heavy atom. The Hall–Kier alpha value is -1.56. The van der Waals surface area contributed by atoms with Gasteiger partial charge in [-0.3, -0.25) is 4.79 Å². The van der Waals surface area contributed by atoms with E-state index in [9.17, 15) is 13.2 Å². The molecular weight excluding hydrogens is 288 g/mol. The average molecular weight is 310 g/mol. The van der Waals surface area contributed by atoms with Crippen molar-refractivity contribution >= 4 is 21.4 Å². The molecule has 1 aliphatic rings. The van der Waals surface area contributed by atoms with Gasteiger partial charge >= 0.3 is 0 Å². The number of nitrogens with one attached hydrogen (secondary N) is 1. The standard InChI is InChI=1S/C15H22N2O3S/c1-3-6-16-14-11-12(2)4-5-13(14)15(18)17-7-9-21(19,20)10-8-17/h4-5,11,16H,3,6-10H2,1-2H3. The van der Waals surface area contributed by atoms with E-state index in [0.717, 1.165) is 24.2 Å². The monoisotopic (exact) mass is 310 g/mol. The summed E-state index contributed by atoms with van der Waals surface area (Å²) in [6.07, 6.45) is 0.976. The minimum absolute atomic E-state index is 0.0579. The summed E-state index contributed by atoms with van der Waals surface area (Å²) in [6.45, 7) is 5.42. The molecule has 0 radical (unpaired) electrons. The number of hydrogen-bond acceptors (Lipinski definition) is 4. The van der Waals surface area contributed by atoms with Crippen LogP contribution in [0, 0.1) is 6.92 Å². The summed E-state index contributed by atoms with van der Waals surface area (Å²) in [5.74, 6) is 0.0217. The van der Waals surface area contributed by atoms with Gasteiger partial charge in [0, 0.05) is 25.3 Å². The van der Waals surface area contributed by atoms with Crippen LogP contribution in [0.15, 0.2) is 18.2 Å². The average Bonchev–Trinajstić information content (AvgIpc) is 2.44. The lowest BCUT2D eigenvalue weighted by Crippen LogP contribution is -2.43. The van der Waals surface area contributed by atoms with E-state index in [0.29, 0.717) is 5.56 Å². The number of benzene rings is 1. The second kappa shape index (κ2) is 6.47. The van der Waals surface area contributed by atoms with Gasteiger partial charge in [0.25, 0.3) is 5.91 Å². The highest BCUT2D eigenvalue weighted by atomic mass is 32.2. The fraction of sp³-hybridized carbons (Fsp3) is 0.533. The summed E-state index contributed by atoms with van der Waals surface area (Å²) >= 11 is 0. The van der Waals surface area contributed by atoms with Crippen LogP contribution in [0.5, 0.6) is 0 Å². The number of amides is 1. The summed E-state index contributed by atoms with van der Waals surface area (Å²) in [4.78, 5) is 14.2. The zero-order valence-corrected chi connectivity index (χ0v) is 13.4. The Kier molecular flexibility index (Phi) is 4.88. The van der Waals surface area contributed by atoms with Crippen molar-refractivity contribution < 1.29 is 13.2 Å². The van der Waals surface area contributed by atoms with E-state index >= 15 is 0 Å². The third kappa shape index (κ3) is 3.97. The van der Waals surface area contributed by atoms with E-state index in [1.54, 1.807) is 4.90 Å². The molecule has 0 unspecified atom stereocenters. The maximum atomic E-state index is 12.6. The largest absolute Gasteiger partial charge is 0.384 e. The second-order valence-corrected chi connectivity index (χ2v) is 7.72. The molecule has 0 aromatic heterocycles. The van der Waals surface area contributed by atoms with Gasteiger partial charge in [0.05, 0.1) is 17.1 Å². The van der Waals surface area contributed by atoms with Crippen molar-refractivity contribution in [1.29, 1.82) is 0 Å². The molecule has 1 heterocycles. The Bertz CT molecular complexity index is 612. The summed E-state index contributed by atoms with van der Waals surface area (Å²) in [5.41, 5.74) is 2.54. The van der Waals surface area contributed by atoms with Gasteiger partial charge in [-0.1, -0.05) is 13.0 Å². The Morgan fingerprint density at radius 1 is 1.29 bits per heavy atom. The van der Waals surface area contributed by atoms with Gasteiger partial charge in [-0.2, -0.15) is 0 Å². The first-order valence-electron chi connectivity index (χ1n) is 7.27. The van der Waals surface area contributed by atoms with E-state index in [2.05, 4.69) is 12.2 Å². The fourth-order valence-electron chi connectivity index (χ4n) is 2.34. The zero-order chi connectivity index (χ0) is 15.5. The van der Waals surface area contributed by atoms with Crippen LogP contribution >= 0.6 is 0 Å². The van der Waals surface area contributed by atoms with Crippen molar-refractivity contribution in [3.63, 3.8) is 0 Å². The summed E-state index contributed by atoms with van der Waals surface area (Å²) in [5, 5.41) is 3.27. The SMILES string of the molecule is CCCNc1cc(C)ccc1C(=O)N1CCS(=O)(=O)CC1. The van der Waals surface area contributed by atoms with Crippen LogP contribution in [-0.4, -0.2) is 50.4 Å². The molecule has 116 valence electrons. The molecular formula is C15H22N2O3S. The van der Waals surface area contributed by atoms with Gasteiger partial charge in [0.15, 0.2) is 9.84 Å². The van der Waals surface area contributed by atoms with Crippen LogP contribution < -0.4 is 5.32 Å². The fourth-order valence-corrected chi connectivity index (χ4v) is 3.54. The number of aryl methyl sites for hydroxylation is 1. The highest BCUT2D eigenvalue weighted by Gasteiger charge is 2.26. The number of nitrogens with zero attached hydrogens (tertiary/aromatic N) is 1. The van der Waals surface area contributed by atoms with Crippen molar-refractivity contribution in [3.05, 3.63) is 29.3 Å². The van der Waals surface area contributed by atoms with Crippen LogP contribution in [0.2, 0.25) is 0 Å². The van der Waals surface area contributed by atoms with Crippen molar-refractivity contribution in [2.45, 2.75) is 20.3 Å². The van der Waals surface area contributed by atoms with Gasteiger partial charge in [-0.25, -0.2) is 8.42 Å². The van der Waals surface area contributed by atoms with Crippen molar-refractivity contribution in [1.82, 2.24) is 4.90 Å². The number of carbonyl (C=O) groups excluding carboxylic acids is 1. The number of sulfone groups is 1. The number of hydrogen-bond donors (Lipinski definition) is 1. The number of anilines is 1. The first-order valence-corrected chi connectivity index (χ1v) is 9.09. The molecule has 1 saturated heterocycles. The highest BCUT2D eigenvalue weighted by molar-refractivity contribution is 7.91. The van der Waals surface area contributed by atoms with Crippen molar-refractivity contribution in [2.24, 2.45) is 0 Å². The molecule has 0 saturated carbocycles. The quantitative estimate of drug-likeness (QED) is 0.919. The predicted molar refractivity (Wildman–Crippen MR) is 84.5 cm³/mol.